The molecule has 0 bridgehead atoms. The lowest BCUT2D eigenvalue weighted by Gasteiger charge is -2.11. The molecule has 2 aromatic carbocycles. The molecular weight excluding hydrogens is 374 g/mol. The van der Waals surface area contributed by atoms with Crippen LogP contribution < -0.4 is 9.46 Å². The highest BCUT2D eigenvalue weighted by Gasteiger charge is 2.20. The van der Waals surface area contributed by atoms with Crippen LogP contribution in [0.4, 0.5) is 0 Å². The Morgan fingerprint density at radius 3 is 2.15 bits per heavy atom. The van der Waals surface area contributed by atoms with Crippen molar-refractivity contribution in [1.82, 2.24) is 4.72 Å². The summed E-state index contributed by atoms with van der Waals surface area (Å²) in [5.41, 5.74) is 1.10. The molecule has 0 saturated heterocycles. The summed E-state index contributed by atoms with van der Waals surface area (Å²) in [7, 11) is 0.0760. The number of carbonyl (C=O) groups excluding carboxylic acids is 2. The molecule has 0 heterocycles. The third-order valence-corrected chi connectivity index (χ3v) is 5.14. The minimum atomic E-state index is -3.81. The van der Waals surface area contributed by atoms with E-state index in [0.717, 1.165) is 0 Å². The lowest BCUT2D eigenvalue weighted by Crippen LogP contribution is -2.20. The van der Waals surface area contributed by atoms with Crippen LogP contribution in [0.25, 0.3) is 0 Å². The summed E-state index contributed by atoms with van der Waals surface area (Å²) in [5.74, 6) is -1.04. The molecule has 27 heavy (non-hydrogen) atoms. The van der Waals surface area contributed by atoms with Gasteiger partial charge in [0, 0.05) is 0 Å². The van der Waals surface area contributed by atoms with Crippen LogP contribution in [-0.2, 0) is 26.1 Å². The second-order valence-corrected chi connectivity index (χ2v) is 7.19. The molecule has 2 aromatic rings. The van der Waals surface area contributed by atoms with Crippen molar-refractivity contribution in [3.63, 3.8) is 0 Å². The van der Waals surface area contributed by atoms with Gasteiger partial charge in [-0.1, -0.05) is 12.1 Å². The molecular formula is C18H19NO7S. The highest BCUT2D eigenvalue weighted by atomic mass is 32.2. The Hall–Kier alpha value is -2.91. The Morgan fingerprint density at radius 2 is 1.59 bits per heavy atom. The molecule has 2 rings (SSSR count). The Balaban J connectivity index is 2.14. The van der Waals surface area contributed by atoms with Crippen LogP contribution >= 0.6 is 0 Å². The first kappa shape index (κ1) is 20.4. The summed E-state index contributed by atoms with van der Waals surface area (Å²) in [4.78, 5) is 23.5. The van der Waals surface area contributed by atoms with Gasteiger partial charge in [-0.2, -0.15) is 0 Å². The average molecular weight is 393 g/mol. The van der Waals surface area contributed by atoms with Gasteiger partial charge >= 0.3 is 11.9 Å². The lowest BCUT2D eigenvalue weighted by atomic mass is 10.1. The highest BCUT2D eigenvalue weighted by Crippen LogP contribution is 2.25. The van der Waals surface area contributed by atoms with E-state index < -0.39 is 22.0 Å². The Kier molecular flexibility index (Phi) is 6.54. The summed E-state index contributed by atoms with van der Waals surface area (Å²) in [6.07, 6.45) is 0. The first-order chi connectivity index (χ1) is 12.8. The fourth-order valence-electron chi connectivity index (χ4n) is 2.21. The van der Waals surface area contributed by atoms with Crippen LogP contribution in [0.1, 0.15) is 26.3 Å². The third kappa shape index (κ3) is 4.83. The molecule has 0 aromatic heterocycles. The first-order valence-electron chi connectivity index (χ1n) is 7.78. The van der Waals surface area contributed by atoms with Gasteiger partial charge in [-0.05, 0) is 42.9 Å². The molecule has 0 aliphatic rings. The molecule has 0 aliphatic carbocycles. The van der Waals surface area contributed by atoms with E-state index in [9.17, 15) is 18.0 Å². The van der Waals surface area contributed by atoms with Gasteiger partial charge < -0.3 is 14.2 Å². The predicted octanol–water partition coefficient (Wildman–Crippen LogP) is 1.75. The van der Waals surface area contributed by atoms with Gasteiger partial charge in [0.2, 0.25) is 10.0 Å². The molecule has 0 unspecified atom stereocenters. The summed E-state index contributed by atoms with van der Waals surface area (Å²) in [6.45, 7) is -0.0412. The van der Waals surface area contributed by atoms with Crippen molar-refractivity contribution in [2.24, 2.45) is 0 Å². The zero-order valence-electron chi connectivity index (χ0n) is 15.0. The second kappa shape index (κ2) is 8.65. The second-order valence-electron chi connectivity index (χ2n) is 5.34. The van der Waals surface area contributed by atoms with E-state index in [0.29, 0.717) is 11.1 Å². The number of carbonyl (C=O) groups is 2. The van der Waals surface area contributed by atoms with Crippen molar-refractivity contribution < 1.29 is 32.2 Å². The summed E-state index contributed by atoms with van der Waals surface area (Å²) in [5, 5.41) is 0. The maximum Gasteiger partial charge on any atom is 0.338 e. The number of hydrogen-bond donors (Lipinski definition) is 1. The number of esters is 2. The van der Waals surface area contributed by atoms with Gasteiger partial charge in [-0.15, -0.1) is 0 Å². The minimum Gasteiger partial charge on any atom is -0.495 e. The number of benzene rings is 2. The van der Waals surface area contributed by atoms with Gasteiger partial charge in [0.05, 0.1) is 25.3 Å². The van der Waals surface area contributed by atoms with Crippen molar-refractivity contribution in [3.8, 4) is 5.75 Å². The number of methoxy groups -OCH3 is 2. The van der Waals surface area contributed by atoms with E-state index in [1.54, 1.807) is 24.3 Å². The molecule has 144 valence electrons. The molecule has 0 spiro atoms. The quantitative estimate of drug-likeness (QED) is 0.714. The standard InChI is InChI=1S/C18H19NO7S/c1-19-27(22,23)16-10-14(8-9-15(16)24-2)18(21)26-11-12-4-6-13(7-5-12)17(20)25-3/h4-10,19H,11H2,1-3H3. The molecule has 1 N–H and O–H groups in total. The normalized spacial score (nSPS) is 10.9. The largest absolute Gasteiger partial charge is 0.495 e. The molecule has 0 atom stereocenters. The van der Waals surface area contributed by atoms with E-state index in [1.165, 1.54) is 39.5 Å². The molecule has 0 aliphatic heterocycles. The van der Waals surface area contributed by atoms with E-state index >= 15 is 0 Å². The van der Waals surface area contributed by atoms with Crippen LogP contribution in [0.2, 0.25) is 0 Å². The maximum atomic E-state index is 12.3. The third-order valence-electron chi connectivity index (χ3n) is 3.70. The fourth-order valence-corrected chi connectivity index (χ4v) is 3.13. The lowest BCUT2D eigenvalue weighted by molar-refractivity contribution is 0.0471. The van der Waals surface area contributed by atoms with Crippen molar-refractivity contribution in [2.75, 3.05) is 21.3 Å². The smallest absolute Gasteiger partial charge is 0.338 e. The van der Waals surface area contributed by atoms with Crippen LogP contribution in [-0.4, -0.2) is 41.6 Å². The van der Waals surface area contributed by atoms with Crippen molar-refractivity contribution in [2.45, 2.75) is 11.5 Å². The summed E-state index contributed by atoms with van der Waals surface area (Å²) >= 11 is 0. The van der Waals surface area contributed by atoms with Crippen LogP contribution in [0.15, 0.2) is 47.4 Å². The van der Waals surface area contributed by atoms with Gasteiger partial charge in [0.1, 0.15) is 17.3 Å². The first-order valence-corrected chi connectivity index (χ1v) is 9.26. The van der Waals surface area contributed by atoms with Crippen molar-refractivity contribution in [1.29, 1.82) is 0 Å². The number of hydrogen-bond acceptors (Lipinski definition) is 7. The zero-order valence-corrected chi connectivity index (χ0v) is 15.8. The Labute approximate surface area is 157 Å². The van der Waals surface area contributed by atoms with Crippen LogP contribution in [0.3, 0.4) is 0 Å². The molecule has 0 amide bonds. The summed E-state index contributed by atoms with van der Waals surface area (Å²) < 4.78 is 41.2. The number of nitrogens with one attached hydrogen (secondary N) is 1. The van der Waals surface area contributed by atoms with Crippen molar-refractivity contribution >= 4 is 22.0 Å². The molecule has 8 nitrogen and oxygen atoms in total. The topological polar surface area (TPSA) is 108 Å². The maximum absolute atomic E-state index is 12.3. The van der Waals surface area contributed by atoms with E-state index in [1.807, 2.05) is 0 Å². The van der Waals surface area contributed by atoms with Crippen LogP contribution in [0, 0.1) is 0 Å². The molecule has 0 fully saturated rings. The monoisotopic (exact) mass is 393 g/mol. The van der Waals surface area contributed by atoms with Gasteiger partial charge in [-0.3, -0.25) is 0 Å². The van der Waals surface area contributed by atoms with Gasteiger partial charge in [0.25, 0.3) is 0 Å². The zero-order chi connectivity index (χ0) is 20.0. The van der Waals surface area contributed by atoms with E-state index in [2.05, 4.69) is 9.46 Å². The highest BCUT2D eigenvalue weighted by molar-refractivity contribution is 7.89. The van der Waals surface area contributed by atoms with Crippen LogP contribution in [0.5, 0.6) is 5.75 Å². The number of ether oxygens (including phenoxy) is 3. The molecule has 0 radical (unpaired) electrons. The van der Waals surface area contributed by atoms with Gasteiger partial charge in [0.15, 0.2) is 0 Å². The Morgan fingerprint density at radius 1 is 0.963 bits per heavy atom. The molecule has 9 heteroatoms. The predicted molar refractivity (Wildman–Crippen MR) is 96.1 cm³/mol. The van der Waals surface area contributed by atoms with Crippen molar-refractivity contribution in [3.05, 3.63) is 59.2 Å². The number of rotatable bonds is 7. The van der Waals surface area contributed by atoms with Gasteiger partial charge in [-0.25, -0.2) is 22.7 Å². The van der Waals surface area contributed by atoms with E-state index in [4.69, 9.17) is 9.47 Å². The SMILES string of the molecule is CNS(=O)(=O)c1cc(C(=O)OCc2ccc(C(=O)OC)cc2)ccc1OC. The Bertz CT molecular complexity index is 937. The minimum absolute atomic E-state index is 0.0412. The number of sulfonamides is 1. The summed E-state index contributed by atoms with van der Waals surface area (Å²) in [6, 6.07) is 10.4. The van der Waals surface area contributed by atoms with E-state index in [-0.39, 0.29) is 22.8 Å². The molecule has 0 saturated carbocycles. The fraction of sp³-hybridized carbons (Fsp3) is 0.222. The average Bonchev–Trinajstić information content (AvgIpc) is 2.71.